The maximum atomic E-state index is 6.23. The fourth-order valence-electron chi connectivity index (χ4n) is 2.44. The predicted molar refractivity (Wildman–Crippen MR) is 92.3 cm³/mol. The molecular formula is C17H23ClN2S. The molecule has 0 bridgehead atoms. The molecule has 0 aliphatic carbocycles. The minimum atomic E-state index is 0.491. The van der Waals surface area contributed by atoms with Crippen LogP contribution in [0.25, 0.3) is 0 Å². The highest BCUT2D eigenvalue weighted by atomic mass is 35.5. The van der Waals surface area contributed by atoms with Gasteiger partial charge < -0.3 is 5.32 Å². The summed E-state index contributed by atoms with van der Waals surface area (Å²) in [5.41, 5.74) is 1.19. The third-order valence-corrected chi connectivity index (χ3v) is 4.84. The zero-order chi connectivity index (χ0) is 14.9. The van der Waals surface area contributed by atoms with Gasteiger partial charge in [-0.3, -0.25) is 4.98 Å². The molecule has 1 N–H and O–H groups in total. The van der Waals surface area contributed by atoms with Crippen LogP contribution in [0.4, 0.5) is 0 Å². The molecule has 0 saturated carbocycles. The van der Waals surface area contributed by atoms with Crippen molar-refractivity contribution in [2.75, 3.05) is 6.54 Å². The number of hydrogen-bond donors (Lipinski definition) is 1. The van der Waals surface area contributed by atoms with Gasteiger partial charge in [0, 0.05) is 23.3 Å². The van der Waals surface area contributed by atoms with Crippen molar-refractivity contribution in [2.24, 2.45) is 0 Å². The molecule has 2 rings (SSSR count). The Morgan fingerprint density at radius 3 is 3.00 bits per heavy atom. The van der Waals surface area contributed by atoms with Gasteiger partial charge in [0.2, 0.25) is 0 Å². The quantitative estimate of drug-likeness (QED) is 0.722. The molecule has 0 radical (unpaired) electrons. The molecule has 1 atom stereocenters. The third kappa shape index (κ3) is 5.77. The molecular weight excluding hydrogens is 300 g/mol. The molecule has 2 heterocycles. The van der Waals surface area contributed by atoms with Crippen LogP contribution in [0.5, 0.6) is 0 Å². The van der Waals surface area contributed by atoms with Gasteiger partial charge in [-0.05, 0) is 61.7 Å². The van der Waals surface area contributed by atoms with Crippen LogP contribution in [-0.4, -0.2) is 17.6 Å². The molecule has 0 saturated heterocycles. The average Bonchev–Trinajstić information content (AvgIpc) is 3.00. The van der Waals surface area contributed by atoms with Crippen LogP contribution in [0.2, 0.25) is 5.02 Å². The van der Waals surface area contributed by atoms with E-state index in [0.717, 1.165) is 24.4 Å². The number of rotatable bonds is 9. The van der Waals surface area contributed by atoms with E-state index in [1.807, 2.05) is 23.6 Å². The highest BCUT2D eigenvalue weighted by Gasteiger charge is 2.11. The molecule has 0 spiro atoms. The second-order valence-corrected chi connectivity index (χ2v) is 6.73. The molecule has 0 fully saturated rings. The van der Waals surface area contributed by atoms with Crippen molar-refractivity contribution >= 4 is 22.9 Å². The van der Waals surface area contributed by atoms with E-state index in [0.29, 0.717) is 6.04 Å². The van der Waals surface area contributed by atoms with Crippen LogP contribution in [0.15, 0.2) is 36.0 Å². The number of hydrogen-bond acceptors (Lipinski definition) is 3. The Bertz CT molecular complexity index is 513. The van der Waals surface area contributed by atoms with E-state index in [1.165, 1.54) is 29.7 Å². The van der Waals surface area contributed by atoms with Crippen molar-refractivity contribution in [3.63, 3.8) is 0 Å². The van der Waals surface area contributed by atoms with Crippen LogP contribution >= 0.6 is 22.9 Å². The summed E-state index contributed by atoms with van der Waals surface area (Å²) in [6.45, 7) is 3.27. The van der Waals surface area contributed by atoms with Gasteiger partial charge in [0.25, 0.3) is 0 Å². The summed E-state index contributed by atoms with van der Waals surface area (Å²) in [6.07, 6.45) is 9.26. The number of thiophene rings is 1. The van der Waals surface area contributed by atoms with Crippen LogP contribution in [-0.2, 0) is 12.8 Å². The Balaban J connectivity index is 1.86. The minimum Gasteiger partial charge on any atom is -0.314 e. The SMILES string of the molecule is CCCNC(CCCc1cccs1)Cc1ccncc1Cl. The molecule has 2 nitrogen and oxygen atoms in total. The number of pyridine rings is 1. The van der Waals surface area contributed by atoms with E-state index >= 15 is 0 Å². The zero-order valence-electron chi connectivity index (χ0n) is 12.5. The predicted octanol–water partition coefficient (Wildman–Crippen LogP) is 4.73. The van der Waals surface area contributed by atoms with E-state index in [-0.39, 0.29) is 0 Å². The Labute approximate surface area is 136 Å². The summed E-state index contributed by atoms with van der Waals surface area (Å²) >= 11 is 8.08. The fraction of sp³-hybridized carbons (Fsp3) is 0.471. The maximum Gasteiger partial charge on any atom is 0.0621 e. The van der Waals surface area contributed by atoms with Crippen LogP contribution < -0.4 is 5.32 Å². The van der Waals surface area contributed by atoms with E-state index < -0.39 is 0 Å². The molecule has 4 heteroatoms. The topological polar surface area (TPSA) is 24.9 Å². The van der Waals surface area contributed by atoms with Gasteiger partial charge in [-0.25, -0.2) is 0 Å². The second-order valence-electron chi connectivity index (χ2n) is 5.29. The van der Waals surface area contributed by atoms with Gasteiger partial charge in [0.15, 0.2) is 0 Å². The molecule has 1 unspecified atom stereocenters. The molecule has 0 aliphatic heterocycles. The van der Waals surface area contributed by atoms with E-state index in [1.54, 1.807) is 6.20 Å². The Kier molecular flexibility index (Phi) is 7.20. The van der Waals surface area contributed by atoms with Crippen molar-refractivity contribution in [1.29, 1.82) is 0 Å². The normalized spacial score (nSPS) is 12.5. The highest BCUT2D eigenvalue weighted by molar-refractivity contribution is 7.09. The minimum absolute atomic E-state index is 0.491. The first-order valence-corrected chi connectivity index (χ1v) is 8.89. The largest absolute Gasteiger partial charge is 0.314 e. The van der Waals surface area contributed by atoms with Crippen molar-refractivity contribution in [2.45, 2.75) is 45.1 Å². The summed E-state index contributed by atoms with van der Waals surface area (Å²) in [5, 5.41) is 6.58. The number of nitrogens with zero attached hydrogens (tertiary/aromatic N) is 1. The summed E-state index contributed by atoms with van der Waals surface area (Å²) < 4.78 is 0. The van der Waals surface area contributed by atoms with Gasteiger partial charge in [-0.1, -0.05) is 24.6 Å². The van der Waals surface area contributed by atoms with Crippen LogP contribution in [0.3, 0.4) is 0 Å². The smallest absolute Gasteiger partial charge is 0.0621 e. The Hall–Kier alpha value is -0.900. The lowest BCUT2D eigenvalue weighted by Crippen LogP contribution is -2.32. The zero-order valence-corrected chi connectivity index (χ0v) is 14.1. The summed E-state index contributed by atoms with van der Waals surface area (Å²) in [4.78, 5) is 5.54. The second kappa shape index (κ2) is 9.19. The van der Waals surface area contributed by atoms with Crippen LogP contribution in [0.1, 0.15) is 36.6 Å². The monoisotopic (exact) mass is 322 g/mol. The molecule has 21 heavy (non-hydrogen) atoms. The van der Waals surface area contributed by atoms with Gasteiger partial charge in [-0.15, -0.1) is 11.3 Å². The van der Waals surface area contributed by atoms with E-state index in [4.69, 9.17) is 11.6 Å². The summed E-state index contributed by atoms with van der Waals surface area (Å²) in [5.74, 6) is 0. The standard InChI is InChI=1S/C17H23ClN2S/c1-2-9-20-15(5-3-6-16-7-4-11-21-16)12-14-8-10-19-13-17(14)18/h4,7-8,10-11,13,15,20H,2-3,5-6,9,12H2,1H3. The van der Waals surface area contributed by atoms with E-state index in [2.05, 4.69) is 34.7 Å². The molecule has 0 aromatic carbocycles. The number of aryl methyl sites for hydroxylation is 1. The molecule has 0 amide bonds. The maximum absolute atomic E-state index is 6.23. The van der Waals surface area contributed by atoms with Crippen LogP contribution in [0, 0.1) is 0 Å². The summed E-state index contributed by atoms with van der Waals surface area (Å²) in [6, 6.07) is 6.87. The lowest BCUT2D eigenvalue weighted by atomic mass is 10.0. The first-order valence-electron chi connectivity index (χ1n) is 7.63. The molecule has 2 aromatic heterocycles. The number of nitrogens with one attached hydrogen (secondary N) is 1. The van der Waals surface area contributed by atoms with Gasteiger partial charge in [-0.2, -0.15) is 0 Å². The first kappa shape index (κ1) is 16.5. The molecule has 114 valence electrons. The Morgan fingerprint density at radius 1 is 1.38 bits per heavy atom. The van der Waals surface area contributed by atoms with Crippen molar-refractivity contribution in [3.8, 4) is 0 Å². The lowest BCUT2D eigenvalue weighted by molar-refractivity contribution is 0.465. The molecule has 2 aromatic rings. The van der Waals surface area contributed by atoms with Gasteiger partial charge in [0.1, 0.15) is 0 Å². The Morgan fingerprint density at radius 2 is 2.29 bits per heavy atom. The van der Waals surface area contributed by atoms with Crippen molar-refractivity contribution in [3.05, 3.63) is 51.4 Å². The number of aromatic nitrogens is 1. The number of halogens is 1. The third-order valence-electron chi connectivity index (χ3n) is 3.56. The summed E-state index contributed by atoms with van der Waals surface area (Å²) in [7, 11) is 0. The first-order chi connectivity index (χ1) is 10.3. The van der Waals surface area contributed by atoms with E-state index in [9.17, 15) is 0 Å². The molecule has 0 aliphatic rings. The van der Waals surface area contributed by atoms with Crippen molar-refractivity contribution in [1.82, 2.24) is 10.3 Å². The average molecular weight is 323 g/mol. The van der Waals surface area contributed by atoms with Gasteiger partial charge >= 0.3 is 0 Å². The highest BCUT2D eigenvalue weighted by Crippen LogP contribution is 2.18. The lowest BCUT2D eigenvalue weighted by Gasteiger charge is -2.19. The fourth-order valence-corrected chi connectivity index (χ4v) is 3.39. The van der Waals surface area contributed by atoms with Gasteiger partial charge in [0.05, 0.1) is 5.02 Å². The van der Waals surface area contributed by atoms with Crippen molar-refractivity contribution < 1.29 is 0 Å².